The summed E-state index contributed by atoms with van der Waals surface area (Å²) in [4.78, 5) is 25.0. The Bertz CT molecular complexity index is 535. The van der Waals surface area contributed by atoms with Crippen molar-refractivity contribution in [3.05, 3.63) is 0 Å². The molecule has 2 heterocycles. The van der Waals surface area contributed by atoms with Crippen LogP contribution in [0.2, 0.25) is 0 Å². The molecule has 2 saturated carbocycles. The number of hydrogen-bond donors (Lipinski definition) is 1. The first-order valence-corrected chi connectivity index (χ1v) is 10.6. The van der Waals surface area contributed by atoms with Crippen molar-refractivity contribution < 1.29 is 14.3 Å². The first-order chi connectivity index (χ1) is 12.1. The zero-order valence-corrected chi connectivity index (χ0v) is 15.6. The molecule has 0 spiro atoms. The lowest BCUT2D eigenvalue weighted by molar-refractivity contribution is -0.225. The summed E-state index contributed by atoms with van der Waals surface area (Å²) in [6, 6.07) is 0. The minimum absolute atomic E-state index is 0.0579. The van der Waals surface area contributed by atoms with Gasteiger partial charge in [-0.3, -0.25) is 4.79 Å². The van der Waals surface area contributed by atoms with Gasteiger partial charge < -0.3 is 10.1 Å². The van der Waals surface area contributed by atoms with E-state index in [-0.39, 0.29) is 17.8 Å². The summed E-state index contributed by atoms with van der Waals surface area (Å²) in [6.45, 7) is 1.90. The van der Waals surface area contributed by atoms with Crippen LogP contribution in [0.25, 0.3) is 0 Å². The van der Waals surface area contributed by atoms with Crippen molar-refractivity contribution in [2.75, 3.05) is 0 Å². The highest BCUT2D eigenvalue weighted by molar-refractivity contribution is 6.00. The fraction of sp³-hybridized carbons (Fsp3) is 0.905. The van der Waals surface area contributed by atoms with Crippen molar-refractivity contribution in [2.24, 2.45) is 17.8 Å². The van der Waals surface area contributed by atoms with Gasteiger partial charge in [0, 0.05) is 0 Å². The minimum atomic E-state index is -0.780. The van der Waals surface area contributed by atoms with Crippen LogP contribution in [-0.4, -0.2) is 23.0 Å². The number of nitrogens with one attached hydrogen (secondary N) is 1. The summed E-state index contributed by atoms with van der Waals surface area (Å²) >= 11 is 0. The lowest BCUT2D eigenvalue weighted by atomic mass is 9.65. The van der Waals surface area contributed by atoms with Gasteiger partial charge in [0.15, 0.2) is 11.1 Å². The number of esters is 1. The van der Waals surface area contributed by atoms with Crippen molar-refractivity contribution in [1.29, 1.82) is 0 Å². The van der Waals surface area contributed by atoms with E-state index in [1.165, 1.54) is 64.2 Å². The summed E-state index contributed by atoms with van der Waals surface area (Å²) < 4.78 is 5.85. The van der Waals surface area contributed by atoms with Crippen LogP contribution >= 0.6 is 0 Å². The van der Waals surface area contributed by atoms with Gasteiger partial charge in [0.1, 0.15) is 0 Å². The maximum Gasteiger partial charge on any atom is 0.336 e. The molecule has 140 valence electrons. The number of fused-ring (bicyclic) bond motifs is 1. The molecule has 25 heavy (non-hydrogen) atoms. The molecule has 2 aliphatic heterocycles. The van der Waals surface area contributed by atoms with Crippen LogP contribution in [0.5, 0.6) is 0 Å². The second kappa shape index (κ2) is 6.59. The Hall–Kier alpha value is -1.06. The van der Waals surface area contributed by atoms with E-state index in [1.807, 2.05) is 6.92 Å². The van der Waals surface area contributed by atoms with Gasteiger partial charge >= 0.3 is 5.97 Å². The Morgan fingerprint density at radius 1 is 0.960 bits per heavy atom. The molecule has 4 rings (SSSR count). The van der Waals surface area contributed by atoms with Crippen LogP contribution < -0.4 is 5.32 Å². The fourth-order valence-electron chi connectivity index (χ4n) is 6.04. The smallest absolute Gasteiger partial charge is 0.336 e. The van der Waals surface area contributed by atoms with Crippen LogP contribution in [0.1, 0.15) is 90.4 Å². The lowest BCUT2D eigenvalue weighted by Gasteiger charge is -2.52. The van der Waals surface area contributed by atoms with E-state index in [0.717, 1.165) is 25.2 Å². The van der Waals surface area contributed by atoms with Crippen LogP contribution in [0.15, 0.2) is 0 Å². The van der Waals surface area contributed by atoms with Crippen LogP contribution in [0.3, 0.4) is 0 Å². The van der Waals surface area contributed by atoms with Gasteiger partial charge in [-0.2, -0.15) is 0 Å². The second-order valence-electron chi connectivity index (χ2n) is 9.23. The number of amides is 1. The van der Waals surface area contributed by atoms with Crippen LogP contribution in [-0.2, 0) is 14.3 Å². The number of carbonyl (C=O) groups excluding carboxylic acids is 2. The third-order valence-electron chi connectivity index (χ3n) is 7.72. The molecule has 0 aromatic carbocycles. The molecule has 4 heteroatoms. The summed E-state index contributed by atoms with van der Waals surface area (Å²) in [7, 11) is 0. The van der Waals surface area contributed by atoms with Crippen molar-refractivity contribution >= 4 is 11.9 Å². The second-order valence-corrected chi connectivity index (χ2v) is 9.23. The molecule has 1 N–H and O–H groups in total. The molecule has 4 aliphatic rings. The van der Waals surface area contributed by atoms with Gasteiger partial charge in [-0.25, -0.2) is 4.79 Å². The molecule has 0 aromatic rings. The molecule has 4 fully saturated rings. The Balaban J connectivity index is 1.49. The molecule has 4 nitrogen and oxygen atoms in total. The van der Waals surface area contributed by atoms with E-state index in [4.69, 9.17) is 4.74 Å². The standard InChI is InChI=1S/C21H33NO3/c1-20-19(24)25-21(20,13-12-15-8-4-2-5-9-15)17(18(23)22-20)14-16-10-6-3-7-11-16/h15-17H,2-14H2,1H3,(H,22,23)/t17-,20?,21?/m0/s1. The molecule has 2 saturated heterocycles. The predicted octanol–water partition coefficient (Wildman–Crippen LogP) is 4.12. The molecule has 1 amide bonds. The largest absolute Gasteiger partial charge is 0.453 e. The zero-order valence-electron chi connectivity index (χ0n) is 15.6. The minimum Gasteiger partial charge on any atom is -0.453 e. The van der Waals surface area contributed by atoms with Crippen LogP contribution in [0, 0.1) is 17.8 Å². The molecular weight excluding hydrogens is 314 g/mol. The van der Waals surface area contributed by atoms with Crippen molar-refractivity contribution in [3.8, 4) is 0 Å². The van der Waals surface area contributed by atoms with Gasteiger partial charge in [0.25, 0.3) is 0 Å². The average molecular weight is 347 g/mol. The Morgan fingerprint density at radius 2 is 1.56 bits per heavy atom. The van der Waals surface area contributed by atoms with E-state index in [9.17, 15) is 9.59 Å². The van der Waals surface area contributed by atoms with Gasteiger partial charge in [-0.1, -0.05) is 64.2 Å². The highest BCUT2D eigenvalue weighted by Gasteiger charge is 2.75. The highest BCUT2D eigenvalue weighted by Crippen LogP contribution is 2.54. The lowest BCUT2D eigenvalue weighted by Crippen LogP contribution is -2.73. The van der Waals surface area contributed by atoms with Crippen molar-refractivity contribution in [3.63, 3.8) is 0 Å². The van der Waals surface area contributed by atoms with Crippen molar-refractivity contribution in [2.45, 2.75) is 102 Å². The maximum absolute atomic E-state index is 12.8. The number of carbonyl (C=O) groups is 2. The first-order valence-electron chi connectivity index (χ1n) is 10.6. The third-order valence-corrected chi connectivity index (χ3v) is 7.72. The van der Waals surface area contributed by atoms with Gasteiger partial charge in [0.2, 0.25) is 5.91 Å². The van der Waals surface area contributed by atoms with E-state index in [0.29, 0.717) is 5.92 Å². The molecule has 0 bridgehead atoms. The maximum atomic E-state index is 12.8. The normalized spacial score (nSPS) is 39.5. The Labute approximate surface area is 151 Å². The molecule has 0 aromatic heterocycles. The Morgan fingerprint density at radius 3 is 2.16 bits per heavy atom. The van der Waals surface area contributed by atoms with E-state index < -0.39 is 11.1 Å². The van der Waals surface area contributed by atoms with Crippen LogP contribution in [0.4, 0.5) is 0 Å². The predicted molar refractivity (Wildman–Crippen MR) is 95.9 cm³/mol. The van der Waals surface area contributed by atoms with E-state index >= 15 is 0 Å². The van der Waals surface area contributed by atoms with Gasteiger partial charge in [-0.15, -0.1) is 0 Å². The first kappa shape index (κ1) is 17.4. The number of hydrogen-bond acceptors (Lipinski definition) is 3. The molecule has 0 radical (unpaired) electrons. The summed E-state index contributed by atoms with van der Waals surface area (Å²) in [5.41, 5.74) is -1.35. The molecule has 2 aliphatic carbocycles. The van der Waals surface area contributed by atoms with E-state index in [2.05, 4.69) is 5.32 Å². The quantitative estimate of drug-likeness (QED) is 0.761. The number of ether oxygens (including phenoxy) is 1. The zero-order chi connectivity index (χ0) is 17.5. The topological polar surface area (TPSA) is 55.4 Å². The number of rotatable bonds is 5. The molecular formula is C21H33NO3. The summed E-state index contributed by atoms with van der Waals surface area (Å²) in [5, 5.41) is 3.03. The summed E-state index contributed by atoms with van der Waals surface area (Å²) in [5.74, 6) is 1.07. The molecule has 2 unspecified atom stereocenters. The SMILES string of the molecule is CC12NC(=O)[C@H](CC3CCCCC3)C1(CCC1CCCCC1)OC2=O. The van der Waals surface area contributed by atoms with Gasteiger partial charge in [-0.05, 0) is 38.0 Å². The van der Waals surface area contributed by atoms with E-state index in [1.54, 1.807) is 0 Å². The van der Waals surface area contributed by atoms with Gasteiger partial charge in [0.05, 0.1) is 5.92 Å². The Kier molecular flexibility index (Phi) is 4.57. The third kappa shape index (κ3) is 2.80. The summed E-state index contributed by atoms with van der Waals surface area (Å²) in [6.07, 6.45) is 15.8. The fourth-order valence-corrected chi connectivity index (χ4v) is 6.04. The highest BCUT2D eigenvalue weighted by atomic mass is 16.6. The molecule has 3 atom stereocenters. The van der Waals surface area contributed by atoms with Crippen molar-refractivity contribution in [1.82, 2.24) is 5.32 Å². The average Bonchev–Trinajstić information content (AvgIpc) is 2.80. The monoisotopic (exact) mass is 347 g/mol.